The molecule has 0 unspecified atom stereocenters. The van der Waals surface area contributed by atoms with Crippen LogP contribution in [0.25, 0.3) is 0 Å². The molecule has 0 aliphatic rings. The standard InChI is InChI=1S/C23H31BrFNO2.ClH/c1-3-5-6-7-10-13-26-16-18-14-20(24)23(22(15-18)27-4-2)28-17-19-11-8-9-12-21(19)25;/h8-9,11-12,14-15,26H,3-7,10,13,16-17H2,1-2H3;1H. The third-order valence-electron chi connectivity index (χ3n) is 4.49. The van der Waals surface area contributed by atoms with Gasteiger partial charge in [0, 0.05) is 12.1 Å². The van der Waals surface area contributed by atoms with Crippen LogP contribution in [0.15, 0.2) is 40.9 Å². The molecule has 2 rings (SSSR count). The highest BCUT2D eigenvalue weighted by atomic mass is 79.9. The highest BCUT2D eigenvalue weighted by molar-refractivity contribution is 9.10. The third-order valence-corrected chi connectivity index (χ3v) is 5.07. The minimum absolute atomic E-state index is 0. The van der Waals surface area contributed by atoms with Crippen LogP contribution in [0.3, 0.4) is 0 Å². The van der Waals surface area contributed by atoms with Crippen LogP contribution in [0.5, 0.6) is 11.5 Å². The molecule has 1 N–H and O–H groups in total. The molecule has 0 spiro atoms. The van der Waals surface area contributed by atoms with E-state index in [4.69, 9.17) is 9.47 Å². The topological polar surface area (TPSA) is 30.5 Å². The number of hydrogen-bond donors (Lipinski definition) is 1. The molecule has 0 aliphatic heterocycles. The average Bonchev–Trinajstić information content (AvgIpc) is 2.68. The highest BCUT2D eigenvalue weighted by Gasteiger charge is 2.13. The Morgan fingerprint density at radius 1 is 1.00 bits per heavy atom. The summed E-state index contributed by atoms with van der Waals surface area (Å²) in [6.45, 7) is 6.65. The molecule has 0 saturated heterocycles. The lowest BCUT2D eigenvalue weighted by Crippen LogP contribution is -2.15. The van der Waals surface area contributed by atoms with Gasteiger partial charge in [0.2, 0.25) is 0 Å². The van der Waals surface area contributed by atoms with Crippen LogP contribution < -0.4 is 14.8 Å². The summed E-state index contributed by atoms with van der Waals surface area (Å²) in [6, 6.07) is 10.7. The van der Waals surface area contributed by atoms with Crippen molar-refractivity contribution in [3.05, 3.63) is 57.8 Å². The van der Waals surface area contributed by atoms with E-state index in [0.29, 0.717) is 23.7 Å². The summed E-state index contributed by atoms with van der Waals surface area (Å²) in [7, 11) is 0. The summed E-state index contributed by atoms with van der Waals surface area (Å²) in [4.78, 5) is 0. The van der Waals surface area contributed by atoms with E-state index in [1.807, 2.05) is 19.1 Å². The van der Waals surface area contributed by atoms with E-state index in [2.05, 4.69) is 28.2 Å². The smallest absolute Gasteiger partial charge is 0.175 e. The molecule has 6 heteroatoms. The Balaban J connectivity index is 0.00000420. The first-order valence-corrected chi connectivity index (χ1v) is 11.0. The van der Waals surface area contributed by atoms with Crippen molar-refractivity contribution in [2.24, 2.45) is 0 Å². The first kappa shape index (κ1) is 25.7. The second kappa shape index (κ2) is 14.6. The fourth-order valence-corrected chi connectivity index (χ4v) is 3.58. The van der Waals surface area contributed by atoms with E-state index >= 15 is 0 Å². The molecule has 3 nitrogen and oxygen atoms in total. The summed E-state index contributed by atoms with van der Waals surface area (Å²) < 4.78 is 26.3. The van der Waals surface area contributed by atoms with Crippen molar-refractivity contribution < 1.29 is 13.9 Å². The predicted molar refractivity (Wildman–Crippen MR) is 124 cm³/mol. The summed E-state index contributed by atoms with van der Waals surface area (Å²) >= 11 is 3.58. The van der Waals surface area contributed by atoms with Gasteiger partial charge < -0.3 is 14.8 Å². The quantitative estimate of drug-likeness (QED) is 0.306. The molecular formula is C23H32BrClFNO2. The Bertz CT molecular complexity index is 730. The number of nitrogens with one attached hydrogen (secondary N) is 1. The third kappa shape index (κ3) is 8.93. The van der Waals surface area contributed by atoms with Crippen molar-refractivity contribution in [1.82, 2.24) is 5.32 Å². The van der Waals surface area contributed by atoms with Crippen LogP contribution >= 0.6 is 28.3 Å². The maximum atomic E-state index is 13.8. The number of rotatable bonds is 13. The summed E-state index contributed by atoms with van der Waals surface area (Å²) in [6.07, 6.45) is 6.37. The molecule has 0 radical (unpaired) electrons. The van der Waals surface area contributed by atoms with Crippen molar-refractivity contribution in [3.63, 3.8) is 0 Å². The molecule has 0 heterocycles. The molecule has 2 aromatic carbocycles. The molecule has 0 bridgehead atoms. The Kier molecular flexibility index (Phi) is 13.0. The van der Waals surface area contributed by atoms with Gasteiger partial charge in [-0.2, -0.15) is 0 Å². The zero-order valence-corrected chi connectivity index (χ0v) is 19.7. The van der Waals surface area contributed by atoms with Gasteiger partial charge >= 0.3 is 0 Å². The lowest BCUT2D eigenvalue weighted by molar-refractivity contribution is 0.264. The van der Waals surface area contributed by atoms with Crippen LogP contribution in [0.1, 0.15) is 57.1 Å². The Hall–Kier alpha value is -1.30. The van der Waals surface area contributed by atoms with Crippen LogP contribution in [-0.4, -0.2) is 13.2 Å². The van der Waals surface area contributed by atoms with E-state index in [-0.39, 0.29) is 24.8 Å². The van der Waals surface area contributed by atoms with Crippen molar-refractivity contribution in [1.29, 1.82) is 0 Å². The van der Waals surface area contributed by atoms with Gasteiger partial charge in [-0.05, 0) is 59.6 Å². The lowest BCUT2D eigenvalue weighted by Gasteiger charge is -2.16. The van der Waals surface area contributed by atoms with Crippen LogP contribution in [0.4, 0.5) is 4.39 Å². The van der Waals surface area contributed by atoms with E-state index in [0.717, 1.165) is 23.1 Å². The highest BCUT2D eigenvalue weighted by Crippen LogP contribution is 2.37. The number of hydrogen-bond acceptors (Lipinski definition) is 3. The molecule has 162 valence electrons. The van der Waals surface area contributed by atoms with Crippen LogP contribution in [0.2, 0.25) is 0 Å². The largest absolute Gasteiger partial charge is 0.490 e. The van der Waals surface area contributed by atoms with E-state index in [1.54, 1.807) is 18.2 Å². The average molecular weight is 489 g/mol. The Labute approximate surface area is 188 Å². The fraction of sp³-hybridized carbons (Fsp3) is 0.478. The van der Waals surface area contributed by atoms with Gasteiger partial charge in [0.05, 0.1) is 11.1 Å². The van der Waals surface area contributed by atoms with Crippen molar-refractivity contribution in [2.45, 2.75) is 59.1 Å². The number of ether oxygens (including phenoxy) is 2. The van der Waals surface area contributed by atoms with Gasteiger partial charge in [-0.15, -0.1) is 12.4 Å². The van der Waals surface area contributed by atoms with Crippen LogP contribution in [-0.2, 0) is 13.2 Å². The second-order valence-electron chi connectivity index (χ2n) is 6.81. The van der Waals surface area contributed by atoms with Gasteiger partial charge in [0.15, 0.2) is 11.5 Å². The maximum Gasteiger partial charge on any atom is 0.175 e. The monoisotopic (exact) mass is 487 g/mol. The first-order chi connectivity index (χ1) is 13.7. The summed E-state index contributed by atoms with van der Waals surface area (Å²) in [5.74, 6) is 1.01. The summed E-state index contributed by atoms with van der Waals surface area (Å²) in [5.41, 5.74) is 1.65. The van der Waals surface area contributed by atoms with E-state index in [1.165, 1.54) is 38.2 Å². The van der Waals surface area contributed by atoms with Gasteiger partial charge in [-0.1, -0.05) is 50.8 Å². The molecule has 0 fully saturated rings. The molecule has 2 aromatic rings. The van der Waals surface area contributed by atoms with E-state index < -0.39 is 0 Å². The van der Waals surface area contributed by atoms with Crippen molar-refractivity contribution in [3.8, 4) is 11.5 Å². The van der Waals surface area contributed by atoms with Crippen molar-refractivity contribution in [2.75, 3.05) is 13.2 Å². The number of benzene rings is 2. The molecule has 0 amide bonds. The number of unbranched alkanes of at least 4 members (excludes halogenated alkanes) is 4. The van der Waals surface area contributed by atoms with Gasteiger partial charge in [-0.25, -0.2) is 4.39 Å². The molecule has 0 saturated carbocycles. The summed E-state index contributed by atoms with van der Waals surface area (Å²) in [5, 5.41) is 3.49. The Morgan fingerprint density at radius 3 is 2.48 bits per heavy atom. The normalized spacial score (nSPS) is 10.5. The minimum atomic E-state index is -0.267. The first-order valence-electron chi connectivity index (χ1n) is 10.2. The zero-order chi connectivity index (χ0) is 20.2. The zero-order valence-electron chi connectivity index (χ0n) is 17.3. The maximum absolute atomic E-state index is 13.8. The minimum Gasteiger partial charge on any atom is -0.490 e. The number of halogens is 3. The predicted octanol–water partition coefficient (Wildman–Crippen LogP) is 7.05. The molecule has 0 atom stereocenters. The van der Waals surface area contributed by atoms with E-state index in [9.17, 15) is 4.39 Å². The molecular weight excluding hydrogens is 457 g/mol. The van der Waals surface area contributed by atoms with Gasteiger partial charge in [0.25, 0.3) is 0 Å². The van der Waals surface area contributed by atoms with Gasteiger partial charge in [-0.3, -0.25) is 0 Å². The molecule has 0 aromatic heterocycles. The second-order valence-corrected chi connectivity index (χ2v) is 7.66. The molecule has 0 aliphatic carbocycles. The fourth-order valence-electron chi connectivity index (χ4n) is 2.98. The van der Waals surface area contributed by atoms with Gasteiger partial charge in [0.1, 0.15) is 12.4 Å². The molecule has 29 heavy (non-hydrogen) atoms. The lowest BCUT2D eigenvalue weighted by atomic mass is 10.1. The van der Waals surface area contributed by atoms with Crippen LogP contribution in [0, 0.1) is 5.82 Å². The SMILES string of the molecule is CCCCCCCNCc1cc(Br)c(OCc2ccccc2F)c(OCC)c1.Cl. The van der Waals surface area contributed by atoms with Crippen molar-refractivity contribution >= 4 is 28.3 Å². The Morgan fingerprint density at radius 2 is 1.76 bits per heavy atom.